The third kappa shape index (κ3) is 4.61. The Bertz CT molecular complexity index is 423. The number of hydrogen-bond acceptors (Lipinski definition) is 3. The number of ketones is 1. The second-order valence-corrected chi connectivity index (χ2v) is 6.22. The molecule has 100 valence electrons. The van der Waals surface area contributed by atoms with Gasteiger partial charge in [0.15, 0.2) is 5.78 Å². The van der Waals surface area contributed by atoms with E-state index in [4.69, 9.17) is 0 Å². The van der Waals surface area contributed by atoms with Crippen molar-refractivity contribution in [3.8, 4) is 0 Å². The van der Waals surface area contributed by atoms with Gasteiger partial charge >= 0.3 is 0 Å². The monoisotopic (exact) mass is 267 g/mol. The van der Waals surface area contributed by atoms with Gasteiger partial charge in [-0.3, -0.25) is 9.59 Å². The molecule has 0 fully saturated rings. The fourth-order valence-corrected chi connectivity index (χ4v) is 2.26. The maximum absolute atomic E-state index is 11.8. The van der Waals surface area contributed by atoms with Crippen LogP contribution in [-0.4, -0.2) is 17.7 Å². The Balaban J connectivity index is 2.37. The first kappa shape index (κ1) is 14.9. The molecule has 1 aromatic heterocycles. The Labute approximate surface area is 113 Å². The molecule has 0 aliphatic carbocycles. The molecule has 0 bridgehead atoms. The summed E-state index contributed by atoms with van der Waals surface area (Å²) in [6.07, 6.45) is 0.559. The van der Waals surface area contributed by atoms with E-state index < -0.39 is 0 Å². The van der Waals surface area contributed by atoms with E-state index in [1.807, 2.05) is 26.0 Å². The fraction of sp³-hybridized carbons (Fsp3) is 0.571. The first-order valence-electron chi connectivity index (χ1n) is 6.29. The Morgan fingerprint density at radius 1 is 1.22 bits per heavy atom. The third-order valence-electron chi connectivity index (χ3n) is 2.98. The number of Topliss-reactive ketones (excluding diaryl/α,β-unsaturated/α-hetero) is 1. The normalized spacial score (nSPS) is 12.5. The van der Waals surface area contributed by atoms with Gasteiger partial charge in [0.25, 0.3) is 0 Å². The van der Waals surface area contributed by atoms with E-state index >= 15 is 0 Å². The smallest absolute Gasteiger partial charge is 0.220 e. The minimum absolute atomic E-state index is 0.0437. The SMILES string of the molecule is Cc1ccc(C(=O)CCC(=O)NC(C)C(C)C)s1. The number of rotatable bonds is 6. The van der Waals surface area contributed by atoms with Gasteiger partial charge in [-0.25, -0.2) is 0 Å². The summed E-state index contributed by atoms with van der Waals surface area (Å²) in [5.74, 6) is 0.419. The molecule has 1 heterocycles. The van der Waals surface area contributed by atoms with Gasteiger partial charge < -0.3 is 5.32 Å². The van der Waals surface area contributed by atoms with E-state index in [-0.39, 0.29) is 30.6 Å². The molecule has 0 aromatic carbocycles. The van der Waals surface area contributed by atoms with Crippen molar-refractivity contribution in [2.45, 2.75) is 46.6 Å². The molecule has 1 aromatic rings. The first-order valence-corrected chi connectivity index (χ1v) is 7.10. The lowest BCUT2D eigenvalue weighted by Gasteiger charge is -2.17. The Hall–Kier alpha value is -1.16. The molecule has 0 saturated carbocycles. The van der Waals surface area contributed by atoms with Crippen molar-refractivity contribution in [2.24, 2.45) is 5.92 Å². The van der Waals surface area contributed by atoms with E-state index in [9.17, 15) is 9.59 Å². The van der Waals surface area contributed by atoms with E-state index in [0.717, 1.165) is 9.75 Å². The molecule has 18 heavy (non-hydrogen) atoms. The topological polar surface area (TPSA) is 46.2 Å². The van der Waals surface area contributed by atoms with Crippen molar-refractivity contribution in [1.29, 1.82) is 0 Å². The van der Waals surface area contributed by atoms with Gasteiger partial charge in [-0.2, -0.15) is 0 Å². The Morgan fingerprint density at radius 3 is 2.39 bits per heavy atom. The molecular formula is C14H21NO2S. The molecule has 4 heteroatoms. The minimum Gasteiger partial charge on any atom is -0.353 e. The highest BCUT2D eigenvalue weighted by Crippen LogP contribution is 2.17. The van der Waals surface area contributed by atoms with Crippen molar-refractivity contribution in [2.75, 3.05) is 0 Å². The van der Waals surface area contributed by atoms with Crippen molar-refractivity contribution in [3.05, 3.63) is 21.9 Å². The van der Waals surface area contributed by atoms with Crippen LogP contribution in [0, 0.1) is 12.8 Å². The highest BCUT2D eigenvalue weighted by Gasteiger charge is 2.13. The maximum atomic E-state index is 11.8. The van der Waals surface area contributed by atoms with E-state index in [2.05, 4.69) is 19.2 Å². The third-order valence-corrected chi connectivity index (χ3v) is 4.02. The van der Waals surface area contributed by atoms with Gasteiger partial charge in [-0.1, -0.05) is 13.8 Å². The van der Waals surface area contributed by atoms with Crippen molar-refractivity contribution < 1.29 is 9.59 Å². The lowest BCUT2D eigenvalue weighted by atomic mass is 10.1. The summed E-state index contributed by atoms with van der Waals surface area (Å²) in [6.45, 7) is 8.07. The van der Waals surface area contributed by atoms with Crippen LogP contribution in [0.5, 0.6) is 0 Å². The van der Waals surface area contributed by atoms with Crippen LogP contribution in [0.1, 0.15) is 48.2 Å². The van der Waals surface area contributed by atoms with Crippen LogP contribution in [0.2, 0.25) is 0 Å². The van der Waals surface area contributed by atoms with Gasteiger partial charge in [-0.05, 0) is 31.9 Å². The number of hydrogen-bond donors (Lipinski definition) is 1. The predicted molar refractivity (Wildman–Crippen MR) is 75.1 cm³/mol. The highest BCUT2D eigenvalue weighted by atomic mass is 32.1. The van der Waals surface area contributed by atoms with E-state index in [1.165, 1.54) is 11.3 Å². The van der Waals surface area contributed by atoms with Gasteiger partial charge in [-0.15, -0.1) is 11.3 Å². The number of nitrogens with one attached hydrogen (secondary N) is 1. The maximum Gasteiger partial charge on any atom is 0.220 e. The molecule has 1 amide bonds. The number of carbonyl (C=O) groups is 2. The summed E-state index contributed by atoms with van der Waals surface area (Å²) in [5.41, 5.74) is 0. The zero-order valence-electron chi connectivity index (χ0n) is 11.4. The van der Waals surface area contributed by atoms with Crippen LogP contribution >= 0.6 is 11.3 Å². The number of amides is 1. The summed E-state index contributed by atoms with van der Waals surface area (Å²) >= 11 is 1.49. The number of carbonyl (C=O) groups excluding carboxylic acids is 2. The van der Waals surface area contributed by atoms with Crippen LogP contribution in [0.15, 0.2) is 12.1 Å². The lowest BCUT2D eigenvalue weighted by molar-refractivity contribution is -0.121. The van der Waals surface area contributed by atoms with Gasteiger partial charge in [0.05, 0.1) is 4.88 Å². The second-order valence-electron chi connectivity index (χ2n) is 4.93. The predicted octanol–water partition coefficient (Wildman–Crippen LogP) is 3.18. The zero-order valence-corrected chi connectivity index (χ0v) is 12.3. The Kier molecular flexibility index (Phi) is 5.54. The van der Waals surface area contributed by atoms with Gasteiger partial charge in [0.1, 0.15) is 0 Å². The largest absolute Gasteiger partial charge is 0.353 e. The van der Waals surface area contributed by atoms with Crippen molar-refractivity contribution in [3.63, 3.8) is 0 Å². The molecule has 0 radical (unpaired) electrons. The summed E-state index contributed by atoms with van der Waals surface area (Å²) in [6, 6.07) is 3.91. The molecule has 1 unspecified atom stereocenters. The van der Waals surface area contributed by atoms with Gasteiger partial charge in [0.2, 0.25) is 5.91 Å². The Morgan fingerprint density at radius 2 is 1.89 bits per heavy atom. The molecular weight excluding hydrogens is 246 g/mol. The lowest BCUT2D eigenvalue weighted by Crippen LogP contribution is -2.36. The number of thiophene rings is 1. The van der Waals surface area contributed by atoms with Crippen LogP contribution in [0.3, 0.4) is 0 Å². The van der Waals surface area contributed by atoms with E-state index in [1.54, 1.807) is 0 Å². The van der Waals surface area contributed by atoms with Crippen LogP contribution in [-0.2, 0) is 4.79 Å². The summed E-state index contributed by atoms with van der Waals surface area (Å²) in [7, 11) is 0. The molecule has 3 nitrogen and oxygen atoms in total. The molecule has 1 rings (SSSR count). The molecule has 1 N–H and O–H groups in total. The molecule has 1 atom stereocenters. The molecule has 0 saturated heterocycles. The average Bonchev–Trinajstić information content (AvgIpc) is 2.72. The summed E-state index contributed by atoms with van der Waals surface area (Å²) in [5, 5.41) is 2.90. The average molecular weight is 267 g/mol. The van der Waals surface area contributed by atoms with E-state index in [0.29, 0.717) is 5.92 Å². The van der Waals surface area contributed by atoms with Crippen LogP contribution in [0.25, 0.3) is 0 Å². The summed E-state index contributed by atoms with van der Waals surface area (Å²) in [4.78, 5) is 25.3. The second kappa shape index (κ2) is 6.69. The minimum atomic E-state index is -0.0437. The summed E-state index contributed by atoms with van der Waals surface area (Å²) < 4.78 is 0. The number of aryl methyl sites for hydroxylation is 1. The first-order chi connectivity index (χ1) is 8.40. The quantitative estimate of drug-likeness (QED) is 0.805. The zero-order chi connectivity index (χ0) is 13.7. The van der Waals surface area contributed by atoms with Gasteiger partial charge in [0, 0.05) is 23.8 Å². The standard InChI is InChI=1S/C14H21NO2S/c1-9(2)11(4)15-14(17)8-6-12(16)13-7-5-10(3)18-13/h5,7,9,11H,6,8H2,1-4H3,(H,15,17). The molecule has 0 spiro atoms. The highest BCUT2D eigenvalue weighted by molar-refractivity contribution is 7.14. The van der Waals surface area contributed by atoms with Crippen LogP contribution in [0.4, 0.5) is 0 Å². The van der Waals surface area contributed by atoms with Crippen molar-refractivity contribution in [1.82, 2.24) is 5.32 Å². The van der Waals surface area contributed by atoms with Crippen molar-refractivity contribution >= 4 is 23.0 Å². The molecule has 0 aliphatic rings. The van der Waals surface area contributed by atoms with Crippen LogP contribution < -0.4 is 5.32 Å². The fourth-order valence-electron chi connectivity index (χ4n) is 1.43. The molecule has 0 aliphatic heterocycles.